The third-order valence-corrected chi connectivity index (χ3v) is 1.42. The van der Waals surface area contributed by atoms with Gasteiger partial charge in [-0.15, -0.1) is 0 Å². The zero-order valence-corrected chi connectivity index (χ0v) is 7.84. The van der Waals surface area contributed by atoms with Gasteiger partial charge in [-0.1, -0.05) is 0 Å². The Morgan fingerprint density at radius 2 is 2.00 bits per heavy atom. The minimum Gasteiger partial charge on any atom is -0.480 e. The summed E-state index contributed by atoms with van der Waals surface area (Å²) in [6.07, 6.45) is 3.07. The van der Waals surface area contributed by atoms with E-state index in [4.69, 9.17) is 5.11 Å². The second kappa shape index (κ2) is 5.71. The molecule has 1 amide bonds. The fourth-order valence-corrected chi connectivity index (χ4v) is 0.863. The molecule has 0 aliphatic heterocycles. The van der Waals surface area contributed by atoms with E-state index in [1.54, 1.807) is 12.1 Å². The Kier molecular flexibility index (Phi) is 4.24. The number of carboxylic acids is 1. The van der Waals surface area contributed by atoms with E-state index < -0.39 is 18.5 Å². The number of ether oxygens (including phenoxy) is 1. The number of hydrogen-bond donors (Lipinski definition) is 2. The monoisotopic (exact) mass is 210 g/mol. The van der Waals surface area contributed by atoms with Crippen LogP contribution in [0.5, 0.6) is 0 Å². The van der Waals surface area contributed by atoms with Crippen molar-refractivity contribution in [1.82, 2.24) is 4.98 Å². The molecule has 0 unspecified atom stereocenters. The maximum atomic E-state index is 11.1. The van der Waals surface area contributed by atoms with Crippen LogP contribution in [0.25, 0.3) is 0 Å². The van der Waals surface area contributed by atoms with Gasteiger partial charge < -0.3 is 15.2 Å². The number of carboxylic acid groups (broad SMARTS) is 1. The zero-order chi connectivity index (χ0) is 11.1. The van der Waals surface area contributed by atoms with Gasteiger partial charge in [-0.25, -0.2) is 4.79 Å². The highest BCUT2D eigenvalue weighted by Gasteiger charge is 2.03. The second-order valence-corrected chi connectivity index (χ2v) is 2.67. The molecule has 2 N–H and O–H groups in total. The van der Waals surface area contributed by atoms with Crippen LogP contribution in [0.15, 0.2) is 24.5 Å². The van der Waals surface area contributed by atoms with Gasteiger partial charge in [0.2, 0.25) is 5.91 Å². The predicted molar refractivity (Wildman–Crippen MR) is 51.3 cm³/mol. The van der Waals surface area contributed by atoms with Crippen molar-refractivity contribution < 1.29 is 19.4 Å². The van der Waals surface area contributed by atoms with E-state index in [2.05, 4.69) is 15.0 Å². The molecule has 0 radical (unpaired) electrons. The van der Waals surface area contributed by atoms with E-state index in [0.29, 0.717) is 5.69 Å². The van der Waals surface area contributed by atoms with Crippen molar-refractivity contribution in [2.45, 2.75) is 0 Å². The van der Waals surface area contributed by atoms with Crippen molar-refractivity contribution >= 4 is 17.6 Å². The number of anilines is 1. The van der Waals surface area contributed by atoms with Crippen LogP contribution in [0.4, 0.5) is 5.69 Å². The van der Waals surface area contributed by atoms with Crippen LogP contribution in [0, 0.1) is 0 Å². The lowest BCUT2D eigenvalue weighted by Gasteiger charge is -2.03. The Morgan fingerprint density at radius 1 is 1.33 bits per heavy atom. The van der Waals surface area contributed by atoms with Gasteiger partial charge in [0.25, 0.3) is 0 Å². The Hall–Kier alpha value is -1.95. The molecule has 0 saturated carbocycles. The van der Waals surface area contributed by atoms with Gasteiger partial charge in [0, 0.05) is 18.1 Å². The summed E-state index contributed by atoms with van der Waals surface area (Å²) < 4.78 is 4.60. The molecule has 0 atom stereocenters. The molecule has 6 nitrogen and oxygen atoms in total. The van der Waals surface area contributed by atoms with Crippen LogP contribution in [0.2, 0.25) is 0 Å². The van der Waals surface area contributed by atoms with E-state index >= 15 is 0 Å². The fraction of sp³-hybridized carbons (Fsp3) is 0.222. The molecule has 6 heteroatoms. The SMILES string of the molecule is O=C(O)COCC(=O)Nc1ccncc1. The molecule has 0 aliphatic rings. The minimum atomic E-state index is -1.10. The van der Waals surface area contributed by atoms with Gasteiger partial charge in [-0.05, 0) is 12.1 Å². The summed E-state index contributed by atoms with van der Waals surface area (Å²) >= 11 is 0. The van der Waals surface area contributed by atoms with Crippen LogP contribution in [-0.4, -0.2) is 35.2 Å². The highest BCUT2D eigenvalue weighted by atomic mass is 16.5. The topological polar surface area (TPSA) is 88.5 Å². The average Bonchev–Trinajstić information content (AvgIpc) is 2.18. The lowest BCUT2D eigenvalue weighted by Crippen LogP contribution is -2.20. The first-order valence-electron chi connectivity index (χ1n) is 4.18. The molecular formula is C9H10N2O4. The first-order valence-corrected chi connectivity index (χ1v) is 4.18. The van der Waals surface area contributed by atoms with Gasteiger partial charge in [-0.3, -0.25) is 9.78 Å². The summed E-state index contributed by atoms with van der Waals surface area (Å²) in [4.78, 5) is 25.0. The Balaban J connectivity index is 2.28. The summed E-state index contributed by atoms with van der Waals surface area (Å²) in [5.41, 5.74) is 0.592. The second-order valence-electron chi connectivity index (χ2n) is 2.67. The van der Waals surface area contributed by atoms with Crippen LogP contribution in [0.3, 0.4) is 0 Å². The standard InChI is InChI=1S/C9H10N2O4/c12-8(5-15-6-9(13)14)11-7-1-3-10-4-2-7/h1-4H,5-6H2,(H,13,14)(H,10,11,12). The van der Waals surface area contributed by atoms with Crippen LogP contribution in [0.1, 0.15) is 0 Å². The van der Waals surface area contributed by atoms with Gasteiger partial charge in [0.1, 0.15) is 13.2 Å². The number of aliphatic carboxylic acids is 1. The average molecular weight is 210 g/mol. The number of aromatic nitrogens is 1. The van der Waals surface area contributed by atoms with E-state index in [-0.39, 0.29) is 6.61 Å². The number of amides is 1. The smallest absolute Gasteiger partial charge is 0.329 e. The molecule has 1 aromatic heterocycles. The molecule has 0 aliphatic carbocycles. The third kappa shape index (κ3) is 4.72. The predicted octanol–water partition coefficient (Wildman–Crippen LogP) is 0.121. The van der Waals surface area contributed by atoms with Crippen LogP contribution >= 0.6 is 0 Å². The normalized spacial score (nSPS) is 9.60. The number of pyridine rings is 1. The Labute approximate surface area is 85.9 Å². The van der Waals surface area contributed by atoms with Crippen molar-refractivity contribution in [2.24, 2.45) is 0 Å². The van der Waals surface area contributed by atoms with E-state index in [1.807, 2.05) is 0 Å². The summed E-state index contributed by atoms with van der Waals surface area (Å²) in [5.74, 6) is -1.51. The molecule has 1 aromatic rings. The van der Waals surface area contributed by atoms with Crippen molar-refractivity contribution in [1.29, 1.82) is 0 Å². The summed E-state index contributed by atoms with van der Waals surface area (Å²) in [6, 6.07) is 3.24. The van der Waals surface area contributed by atoms with Crippen molar-refractivity contribution in [3.8, 4) is 0 Å². The van der Waals surface area contributed by atoms with Gasteiger partial charge >= 0.3 is 5.97 Å². The van der Waals surface area contributed by atoms with Crippen molar-refractivity contribution in [3.63, 3.8) is 0 Å². The van der Waals surface area contributed by atoms with Gasteiger partial charge in [-0.2, -0.15) is 0 Å². The number of carbonyl (C=O) groups excluding carboxylic acids is 1. The maximum Gasteiger partial charge on any atom is 0.329 e. The molecule has 0 saturated heterocycles. The van der Waals surface area contributed by atoms with Crippen LogP contribution < -0.4 is 5.32 Å². The molecular weight excluding hydrogens is 200 g/mol. The molecule has 0 fully saturated rings. The molecule has 80 valence electrons. The van der Waals surface area contributed by atoms with E-state index in [9.17, 15) is 9.59 Å². The van der Waals surface area contributed by atoms with Gasteiger partial charge in [0.05, 0.1) is 0 Å². The van der Waals surface area contributed by atoms with E-state index in [1.165, 1.54) is 12.4 Å². The molecule has 1 heterocycles. The lowest BCUT2D eigenvalue weighted by molar-refractivity contribution is -0.143. The molecule has 15 heavy (non-hydrogen) atoms. The van der Waals surface area contributed by atoms with Gasteiger partial charge in [0.15, 0.2) is 0 Å². The third-order valence-electron chi connectivity index (χ3n) is 1.42. The fourth-order valence-electron chi connectivity index (χ4n) is 0.863. The largest absolute Gasteiger partial charge is 0.480 e. The number of hydrogen-bond acceptors (Lipinski definition) is 4. The van der Waals surface area contributed by atoms with E-state index in [0.717, 1.165) is 0 Å². The molecule has 0 aromatic carbocycles. The summed E-state index contributed by atoms with van der Waals surface area (Å²) in [7, 11) is 0. The van der Waals surface area contributed by atoms with Crippen LogP contribution in [-0.2, 0) is 14.3 Å². The Morgan fingerprint density at radius 3 is 2.60 bits per heavy atom. The number of carbonyl (C=O) groups is 2. The molecule has 1 rings (SSSR count). The number of nitrogens with one attached hydrogen (secondary N) is 1. The summed E-state index contributed by atoms with van der Waals surface area (Å²) in [6.45, 7) is -0.765. The number of nitrogens with zero attached hydrogens (tertiary/aromatic N) is 1. The first kappa shape index (κ1) is 11.1. The minimum absolute atomic E-state index is 0.283. The highest BCUT2D eigenvalue weighted by Crippen LogP contribution is 2.02. The van der Waals surface area contributed by atoms with Crippen molar-refractivity contribution in [2.75, 3.05) is 18.5 Å². The highest BCUT2D eigenvalue weighted by molar-refractivity contribution is 5.91. The number of rotatable bonds is 5. The Bertz CT molecular complexity index is 339. The molecule has 0 spiro atoms. The summed E-state index contributed by atoms with van der Waals surface area (Å²) in [5, 5.41) is 10.8. The first-order chi connectivity index (χ1) is 7.18. The zero-order valence-electron chi connectivity index (χ0n) is 7.84. The lowest BCUT2D eigenvalue weighted by atomic mass is 10.4. The maximum absolute atomic E-state index is 11.1. The van der Waals surface area contributed by atoms with Crippen molar-refractivity contribution in [3.05, 3.63) is 24.5 Å². The molecule has 0 bridgehead atoms. The quantitative estimate of drug-likeness (QED) is 0.720.